The minimum absolute atomic E-state index is 0.0182. The smallest absolute Gasteiger partial charge is 0.337 e. The zero-order valence-electron chi connectivity index (χ0n) is 10.5. The largest absolute Gasteiger partial charge is 0.478 e. The van der Waals surface area contributed by atoms with E-state index in [9.17, 15) is 13.2 Å². The maximum Gasteiger partial charge on any atom is 0.337 e. The van der Waals surface area contributed by atoms with Gasteiger partial charge in [-0.3, -0.25) is 0 Å². The van der Waals surface area contributed by atoms with Gasteiger partial charge in [-0.1, -0.05) is 11.6 Å². The minimum Gasteiger partial charge on any atom is -0.478 e. The van der Waals surface area contributed by atoms with Crippen molar-refractivity contribution in [2.75, 3.05) is 11.5 Å². The lowest BCUT2D eigenvalue weighted by molar-refractivity contribution is 0.0697. The molecule has 110 valence electrons. The highest BCUT2D eigenvalue weighted by molar-refractivity contribution is 7.99. The second-order valence-electron chi connectivity index (χ2n) is 4.48. The normalized spacial score (nSPS) is 19.8. The summed E-state index contributed by atoms with van der Waals surface area (Å²) in [5.74, 6) is 0.529. The van der Waals surface area contributed by atoms with Gasteiger partial charge in [0.15, 0.2) is 0 Å². The number of hydrogen-bond donors (Lipinski definition) is 2. The van der Waals surface area contributed by atoms with Crippen LogP contribution >= 0.6 is 23.4 Å². The number of hydrogen-bond acceptors (Lipinski definition) is 4. The number of sulfonamides is 1. The summed E-state index contributed by atoms with van der Waals surface area (Å²) in [7, 11) is -3.72. The van der Waals surface area contributed by atoms with Gasteiger partial charge in [0.25, 0.3) is 0 Å². The molecule has 1 atom stereocenters. The highest BCUT2D eigenvalue weighted by atomic mass is 35.5. The quantitative estimate of drug-likeness (QED) is 0.881. The van der Waals surface area contributed by atoms with E-state index in [4.69, 9.17) is 16.7 Å². The van der Waals surface area contributed by atoms with E-state index in [1.54, 1.807) is 11.8 Å². The summed E-state index contributed by atoms with van der Waals surface area (Å²) in [6.07, 6.45) is 1.77. The van der Waals surface area contributed by atoms with Crippen molar-refractivity contribution in [3.05, 3.63) is 28.8 Å². The molecule has 1 heterocycles. The van der Waals surface area contributed by atoms with Crippen LogP contribution in [0.2, 0.25) is 5.02 Å². The van der Waals surface area contributed by atoms with Crippen LogP contribution in [0, 0.1) is 0 Å². The fourth-order valence-electron chi connectivity index (χ4n) is 1.96. The molecule has 0 radical (unpaired) electrons. The van der Waals surface area contributed by atoms with Crippen molar-refractivity contribution in [3.63, 3.8) is 0 Å². The summed E-state index contributed by atoms with van der Waals surface area (Å²) in [5.41, 5.74) is -0.215. The second-order valence-corrected chi connectivity index (χ2v) is 7.75. The second kappa shape index (κ2) is 6.34. The Bertz CT molecular complexity index is 612. The predicted molar refractivity (Wildman–Crippen MR) is 79.1 cm³/mol. The van der Waals surface area contributed by atoms with Crippen LogP contribution in [-0.2, 0) is 10.0 Å². The first-order valence-corrected chi connectivity index (χ1v) is 9.04. The van der Waals surface area contributed by atoms with Gasteiger partial charge in [-0.05, 0) is 36.8 Å². The van der Waals surface area contributed by atoms with Crippen LogP contribution in [-0.4, -0.2) is 37.0 Å². The van der Waals surface area contributed by atoms with Gasteiger partial charge >= 0.3 is 5.97 Å². The lowest BCUT2D eigenvalue weighted by atomic mass is 10.2. The summed E-state index contributed by atoms with van der Waals surface area (Å²) < 4.78 is 27.1. The van der Waals surface area contributed by atoms with Gasteiger partial charge in [-0.25, -0.2) is 17.9 Å². The van der Waals surface area contributed by atoms with E-state index in [1.807, 2.05) is 0 Å². The Kier molecular flexibility index (Phi) is 4.95. The Morgan fingerprint density at radius 2 is 2.20 bits per heavy atom. The molecule has 2 rings (SSSR count). The molecule has 1 aliphatic heterocycles. The number of carboxylic acids is 1. The van der Waals surface area contributed by atoms with E-state index in [1.165, 1.54) is 12.1 Å². The number of aromatic carboxylic acids is 1. The molecular weight excluding hydrogens is 322 g/mol. The number of thioether (sulfide) groups is 1. The predicted octanol–water partition coefficient (Wildman–Crippen LogP) is 2.21. The third kappa shape index (κ3) is 3.66. The van der Waals surface area contributed by atoms with E-state index in [0.29, 0.717) is 0 Å². The molecule has 0 aromatic heterocycles. The monoisotopic (exact) mass is 335 g/mol. The average molecular weight is 336 g/mol. The van der Waals surface area contributed by atoms with Gasteiger partial charge in [0.05, 0.1) is 15.5 Å². The van der Waals surface area contributed by atoms with E-state index >= 15 is 0 Å². The van der Waals surface area contributed by atoms with Gasteiger partial charge in [0.1, 0.15) is 0 Å². The standard InChI is InChI=1S/C12H14ClNO4S2/c13-11-4-3-9(6-10(11)12(15)16)20(17,18)14-8-2-1-5-19-7-8/h3-4,6,8,14H,1-2,5,7H2,(H,15,16). The first kappa shape index (κ1) is 15.6. The van der Waals surface area contributed by atoms with Crippen molar-refractivity contribution in [2.24, 2.45) is 0 Å². The Morgan fingerprint density at radius 3 is 2.80 bits per heavy atom. The lowest BCUT2D eigenvalue weighted by Gasteiger charge is -2.22. The molecule has 0 bridgehead atoms. The van der Waals surface area contributed by atoms with Gasteiger partial charge in [-0.2, -0.15) is 11.8 Å². The van der Waals surface area contributed by atoms with E-state index in [0.717, 1.165) is 30.4 Å². The number of carboxylic acid groups (broad SMARTS) is 1. The van der Waals surface area contributed by atoms with Crippen LogP contribution in [0.15, 0.2) is 23.1 Å². The molecule has 0 spiro atoms. The van der Waals surface area contributed by atoms with E-state index in [-0.39, 0.29) is 21.5 Å². The molecule has 0 aliphatic carbocycles. The molecule has 2 N–H and O–H groups in total. The maximum absolute atomic E-state index is 12.2. The highest BCUT2D eigenvalue weighted by Gasteiger charge is 2.23. The lowest BCUT2D eigenvalue weighted by Crippen LogP contribution is -2.38. The molecule has 1 unspecified atom stereocenters. The summed E-state index contributed by atoms with van der Waals surface area (Å²) in [6, 6.07) is 3.58. The third-order valence-corrected chi connectivity index (χ3v) is 6.02. The maximum atomic E-state index is 12.2. The molecule has 1 saturated heterocycles. The molecule has 5 nitrogen and oxygen atoms in total. The van der Waals surface area contributed by atoms with Crippen molar-refractivity contribution < 1.29 is 18.3 Å². The Hall–Kier alpha value is -0.760. The number of benzene rings is 1. The number of nitrogens with one attached hydrogen (secondary N) is 1. The summed E-state index contributed by atoms with van der Waals surface area (Å²) >= 11 is 7.44. The molecule has 1 aliphatic rings. The molecule has 20 heavy (non-hydrogen) atoms. The summed E-state index contributed by atoms with van der Waals surface area (Å²) in [4.78, 5) is 10.9. The number of halogens is 1. The summed E-state index contributed by atoms with van der Waals surface area (Å²) in [6.45, 7) is 0. The fourth-order valence-corrected chi connectivity index (χ4v) is 4.63. The number of carbonyl (C=O) groups is 1. The van der Waals surface area contributed by atoms with Gasteiger partial charge in [0, 0.05) is 11.8 Å². The van der Waals surface area contributed by atoms with Crippen LogP contribution < -0.4 is 4.72 Å². The van der Waals surface area contributed by atoms with E-state index in [2.05, 4.69) is 4.72 Å². The number of rotatable bonds is 4. The SMILES string of the molecule is O=C(O)c1cc(S(=O)(=O)NC2CCCSC2)ccc1Cl. The fraction of sp³-hybridized carbons (Fsp3) is 0.417. The average Bonchev–Trinajstić information content (AvgIpc) is 2.39. The zero-order chi connectivity index (χ0) is 14.8. The zero-order valence-corrected chi connectivity index (χ0v) is 12.9. The van der Waals surface area contributed by atoms with Crippen molar-refractivity contribution in [1.29, 1.82) is 0 Å². The first-order chi connectivity index (χ1) is 9.40. The molecule has 8 heteroatoms. The van der Waals surface area contributed by atoms with Crippen molar-refractivity contribution in [1.82, 2.24) is 4.72 Å². The molecular formula is C12H14ClNO4S2. The molecule has 0 saturated carbocycles. The van der Waals surface area contributed by atoms with Crippen molar-refractivity contribution in [3.8, 4) is 0 Å². The van der Waals surface area contributed by atoms with Gasteiger partial charge in [-0.15, -0.1) is 0 Å². The van der Waals surface area contributed by atoms with E-state index < -0.39 is 16.0 Å². The summed E-state index contributed by atoms with van der Waals surface area (Å²) in [5, 5.41) is 8.99. The van der Waals surface area contributed by atoms with Crippen LogP contribution in [0.4, 0.5) is 0 Å². The van der Waals surface area contributed by atoms with Crippen LogP contribution in [0.1, 0.15) is 23.2 Å². The van der Waals surface area contributed by atoms with Crippen LogP contribution in [0.5, 0.6) is 0 Å². The molecule has 1 aromatic carbocycles. The topological polar surface area (TPSA) is 83.5 Å². The Morgan fingerprint density at radius 1 is 1.45 bits per heavy atom. The minimum atomic E-state index is -3.72. The van der Waals surface area contributed by atoms with Crippen LogP contribution in [0.3, 0.4) is 0 Å². The highest BCUT2D eigenvalue weighted by Crippen LogP contribution is 2.22. The Labute approximate surface area is 126 Å². The first-order valence-electron chi connectivity index (χ1n) is 6.03. The van der Waals surface area contributed by atoms with Gasteiger partial charge < -0.3 is 5.11 Å². The molecule has 1 aromatic rings. The Balaban J connectivity index is 2.24. The molecule has 1 fully saturated rings. The third-order valence-electron chi connectivity index (χ3n) is 2.96. The van der Waals surface area contributed by atoms with Crippen molar-refractivity contribution >= 4 is 39.4 Å². The van der Waals surface area contributed by atoms with Crippen LogP contribution in [0.25, 0.3) is 0 Å². The van der Waals surface area contributed by atoms with Crippen molar-refractivity contribution in [2.45, 2.75) is 23.8 Å². The van der Waals surface area contributed by atoms with Gasteiger partial charge in [0.2, 0.25) is 10.0 Å². The molecule has 0 amide bonds.